The maximum Gasteiger partial charge on any atom is 0.0644 e. The maximum absolute atomic E-state index is 5.32. The van der Waals surface area contributed by atoms with Gasteiger partial charge in [0.2, 0.25) is 0 Å². The molecule has 0 unspecified atom stereocenters. The van der Waals surface area contributed by atoms with Crippen LogP contribution >= 0.6 is 0 Å². The molecule has 0 amide bonds. The normalized spacial score (nSPS) is 9.78. The third kappa shape index (κ3) is 18.4. The first-order valence-electron chi connectivity index (χ1n) is 6.79. The number of unbranched alkanes of at least 4 members (excludes halogenated alkanes) is 6. The molecule has 0 bridgehead atoms. The molecule has 0 aromatic carbocycles. The quantitative estimate of drug-likeness (QED) is 0.269. The van der Waals surface area contributed by atoms with Gasteiger partial charge in [-0.2, -0.15) is 0 Å². The van der Waals surface area contributed by atoms with Crippen LogP contribution in [0.3, 0.4) is 0 Å². The van der Waals surface area contributed by atoms with Gasteiger partial charge in [0, 0.05) is 32.7 Å². The fourth-order valence-corrected chi connectivity index (χ4v) is 1.63. The van der Waals surface area contributed by atoms with Crippen LogP contribution in [0.1, 0.15) is 44.9 Å². The third-order valence-electron chi connectivity index (χ3n) is 2.55. The number of ether oxygens (including phenoxy) is 2. The van der Waals surface area contributed by atoms with E-state index >= 15 is 0 Å². The Morgan fingerprint density at radius 1 is 0.611 bits per heavy atom. The monoisotopic (exact) mass is 342 g/mol. The van der Waals surface area contributed by atoms with Crippen LogP contribution in [-0.2, 0) is 29.0 Å². The van der Waals surface area contributed by atoms with Crippen LogP contribution in [0.5, 0.6) is 0 Å². The van der Waals surface area contributed by atoms with Crippen LogP contribution in [0.4, 0.5) is 0 Å². The van der Waals surface area contributed by atoms with E-state index < -0.39 is 0 Å². The second-order valence-corrected chi connectivity index (χ2v) is 4.20. The summed E-state index contributed by atoms with van der Waals surface area (Å²) < 4.78 is 10.6. The molecular weight excluding hydrogens is 313 g/mol. The van der Waals surface area contributed by atoms with Crippen LogP contribution in [-0.4, -0.2) is 26.4 Å². The molecule has 3 heteroatoms. The Bertz CT molecular complexity index is 154. The Hall–Kier alpha value is 0.0234. The van der Waals surface area contributed by atoms with E-state index in [0.29, 0.717) is 13.2 Å². The molecule has 0 N–H and O–H groups in total. The zero-order valence-corrected chi connectivity index (χ0v) is 13.3. The van der Waals surface area contributed by atoms with E-state index in [1.807, 2.05) is 0 Å². The predicted molar refractivity (Wildman–Crippen MR) is 74.4 cm³/mol. The van der Waals surface area contributed by atoms with Crippen molar-refractivity contribution in [3.05, 3.63) is 25.3 Å². The number of rotatable bonds is 14. The third-order valence-corrected chi connectivity index (χ3v) is 2.55. The summed E-state index contributed by atoms with van der Waals surface area (Å²) in [5.41, 5.74) is 0. The summed E-state index contributed by atoms with van der Waals surface area (Å²) in [6.45, 7) is 10.4. The topological polar surface area (TPSA) is 18.5 Å². The molecule has 0 aliphatic carbocycles. The van der Waals surface area contributed by atoms with Gasteiger partial charge in [-0.15, -0.1) is 13.2 Å². The van der Waals surface area contributed by atoms with Gasteiger partial charge in [-0.05, 0) is 12.8 Å². The molecule has 0 aromatic heterocycles. The van der Waals surface area contributed by atoms with Gasteiger partial charge in [0.25, 0.3) is 0 Å². The minimum atomic E-state index is 0. The van der Waals surface area contributed by atoms with Gasteiger partial charge >= 0.3 is 0 Å². The molecule has 0 rings (SSSR count). The van der Waals surface area contributed by atoms with Crippen molar-refractivity contribution < 1.29 is 29.0 Å². The molecule has 0 spiro atoms. The van der Waals surface area contributed by atoms with E-state index in [4.69, 9.17) is 9.47 Å². The average Bonchev–Trinajstić information content (AvgIpc) is 2.35. The van der Waals surface area contributed by atoms with Crippen molar-refractivity contribution in [3.63, 3.8) is 0 Å². The molecule has 0 aromatic rings. The molecule has 0 fully saturated rings. The molecule has 0 saturated carbocycles. The van der Waals surface area contributed by atoms with E-state index in [0.717, 1.165) is 13.2 Å². The van der Waals surface area contributed by atoms with Crippen LogP contribution in [0.2, 0.25) is 0 Å². The fourth-order valence-electron chi connectivity index (χ4n) is 1.63. The standard InChI is InChI=1S/C15H28O2.Ru/c1-3-12-16-14-10-8-6-5-7-9-11-15-17-13-4-2;/h3-4H,1-2,5-15H2;. The average molecular weight is 341 g/mol. The molecule has 18 heavy (non-hydrogen) atoms. The van der Waals surface area contributed by atoms with Gasteiger partial charge in [0.15, 0.2) is 0 Å². The first-order valence-corrected chi connectivity index (χ1v) is 6.79. The Balaban J connectivity index is 0. The van der Waals surface area contributed by atoms with E-state index in [9.17, 15) is 0 Å². The van der Waals surface area contributed by atoms with Crippen molar-refractivity contribution >= 4 is 0 Å². The molecule has 0 saturated heterocycles. The summed E-state index contributed by atoms with van der Waals surface area (Å²) in [5, 5.41) is 0. The second-order valence-electron chi connectivity index (χ2n) is 4.20. The summed E-state index contributed by atoms with van der Waals surface area (Å²) in [5.74, 6) is 0. The number of hydrogen-bond acceptors (Lipinski definition) is 2. The van der Waals surface area contributed by atoms with Gasteiger partial charge in [-0.25, -0.2) is 0 Å². The molecule has 0 atom stereocenters. The van der Waals surface area contributed by atoms with E-state index in [2.05, 4.69) is 13.2 Å². The summed E-state index contributed by atoms with van der Waals surface area (Å²) in [7, 11) is 0. The summed E-state index contributed by atoms with van der Waals surface area (Å²) in [6, 6.07) is 0. The van der Waals surface area contributed by atoms with Crippen molar-refractivity contribution in [2.24, 2.45) is 0 Å². The van der Waals surface area contributed by atoms with E-state index in [1.54, 1.807) is 12.2 Å². The second kappa shape index (κ2) is 19.4. The smallest absolute Gasteiger partial charge is 0.0644 e. The summed E-state index contributed by atoms with van der Waals surface area (Å²) >= 11 is 0. The summed E-state index contributed by atoms with van der Waals surface area (Å²) in [4.78, 5) is 0. The summed E-state index contributed by atoms with van der Waals surface area (Å²) in [6.07, 6.45) is 12.5. The largest absolute Gasteiger partial charge is 0.377 e. The molecule has 0 heterocycles. The van der Waals surface area contributed by atoms with Crippen LogP contribution in [0.15, 0.2) is 25.3 Å². The maximum atomic E-state index is 5.32. The SMILES string of the molecule is C=CCOCCCCCCCCCOCC=C.[Ru]. The van der Waals surface area contributed by atoms with Crippen molar-refractivity contribution in [2.45, 2.75) is 44.9 Å². The van der Waals surface area contributed by atoms with Gasteiger partial charge in [0.05, 0.1) is 13.2 Å². The first-order chi connectivity index (χ1) is 8.41. The van der Waals surface area contributed by atoms with E-state index in [1.165, 1.54) is 44.9 Å². The van der Waals surface area contributed by atoms with Gasteiger partial charge in [0.1, 0.15) is 0 Å². The molecule has 0 radical (unpaired) electrons. The zero-order chi connectivity index (χ0) is 12.6. The molecular formula is C15H28O2Ru. The Labute approximate surface area is 126 Å². The van der Waals surface area contributed by atoms with Crippen molar-refractivity contribution in [1.29, 1.82) is 0 Å². The Morgan fingerprint density at radius 3 is 1.28 bits per heavy atom. The first kappa shape index (κ1) is 20.3. The van der Waals surface area contributed by atoms with Crippen molar-refractivity contribution in [3.8, 4) is 0 Å². The van der Waals surface area contributed by atoms with Crippen molar-refractivity contribution in [1.82, 2.24) is 0 Å². The van der Waals surface area contributed by atoms with Gasteiger partial charge in [-0.3, -0.25) is 0 Å². The number of hydrogen-bond donors (Lipinski definition) is 0. The zero-order valence-electron chi connectivity index (χ0n) is 11.5. The molecule has 0 aliphatic heterocycles. The minimum absolute atomic E-state index is 0. The predicted octanol–water partition coefficient (Wildman–Crippen LogP) is 4.12. The molecule has 0 aliphatic rings. The van der Waals surface area contributed by atoms with Crippen LogP contribution < -0.4 is 0 Å². The molecule has 108 valence electrons. The Kier molecular flexibility index (Phi) is 21.9. The van der Waals surface area contributed by atoms with Gasteiger partial charge in [-0.1, -0.05) is 44.3 Å². The minimum Gasteiger partial charge on any atom is -0.377 e. The van der Waals surface area contributed by atoms with E-state index in [-0.39, 0.29) is 19.5 Å². The molecule has 2 nitrogen and oxygen atoms in total. The Morgan fingerprint density at radius 2 is 0.944 bits per heavy atom. The van der Waals surface area contributed by atoms with Gasteiger partial charge < -0.3 is 9.47 Å². The fraction of sp³-hybridized carbons (Fsp3) is 0.733. The van der Waals surface area contributed by atoms with Crippen LogP contribution in [0, 0.1) is 0 Å². The van der Waals surface area contributed by atoms with Crippen LogP contribution in [0.25, 0.3) is 0 Å². The van der Waals surface area contributed by atoms with Crippen molar-refractivity contribution in [2.75, 3.05) is 26.4 Å².